The maximum Gasteiger partial charge on any atom is 0.416 e. The van der Waals surface area contributed by atoms with E-state index in [-0.39, 0.29) is 5.69 Å². The maximum absolute atomic E-state index is 12.6. The predicted molar refractivity (Wildman–Crippen MR) is 79.6 cm³/mol. The molecule has 3 aromatic rings. The second-order valence-electron chi connectivity index (χ2n) is 4.85. The first kappa shape index (κ1) is 15.2. The number of rotatable bonds is 2. The summed E-state index contributed by atoms with van der Waals surface area (Å²) in [6, 6.07) is 8.82. The highest BCUT2D eigenvalue weighted by Gasteiger charge is 2.30. The minimum atomic E-state index is -4.35. The van der Waals surface area contributed by atoms with Crippen LogP contribution in [0.3, 0.4) is 0 Å². The van der Waals surface area contributed by atoms with Crippen LogP contribution < -0.4 is 0 Å². The Morgan fingerprint density at radius 3 is 2.52 bits per heavy atom. The molecule has 4 nitrogen and oxygen atoms in total. The standard InChI is InChI=1S/C15H9F3N4S/c1-8-6-12(13-11(7-19)20-22-21-13)23-14(8)9-2-4-10(5-3-9)15(16,17)18/h2-6H,1H3,(H,20,21,22). The lowest BCUT2D eigenvalue weighted by atomic mass is 10.1. The van der Waals surface area contributed by atoms with E-state index in [1.54, 1.807) is 0 Å². The molecule has 1 N–H and O–H groups in total. The number of thiophene rings is 1. The number of nitrogens with zero attached hydrogens (tertiary/aromatic N) is 3. The fourth-order valence-corrected chi connectivity index (χ4v) is 3.34. The number of hydrogen-bond acceptors (Lipinski definition) is 4. The molecule has 1 aromatic carbocycles. The number of benzene rings is 1. The Hall–Kier alpha value is -2.66. The van der Waals surface area contributed by atoms with E-state index >= 15 is 0 Å². The number of halogens is 3. The first-order chi connectivity index (χ1) is 10.9. The van der Waals surface area contributed by atoms with Crippen molar-refractivity contribution in [3.05, 3.63) is 47.2 Å². The lowest BCUT2D eigenvalue weighted by Crippen LogP contribution is -2.03. The molecule has 0 atom stereocenters. The van der Waals surface area contributed by atoms with Crippen molar-refractivity contribution in [1.82, 2.24) is 15.4 Å². The van der Waals surface area contributed by atoms with E-state index in [2.05, 4.69) is 15.4 Å². The Labute approximate surface area is 133 Å². The fourth-order valence-electron chi connectivity index (χ4n) is 2.17. The average Bonchev–Trinajstić information content (AvgIpc) is 3.12. The lowest BCUT2D eigenvalue weighted by molar-refractivity contribution is -0.137. The molecule has 0 unspecified atom stereocenters. The van der Waals surface area contributed by atoms with Crippen molar-refractivity contribution in [3.63, 3.8) is 0 Å². The molecule has 8 heteroatoms. The van der Waals surface area contributed by atoms with E-state index < -0.39 is 11.7 Å². The Kier molecular flexibility index (Phi) is 3.66. The molecule has 23 heavy (non-hydrogen) atoms. The minimum absolute atomic E-state index is 0.255. The Balaban J connectivity index is 2.00. The summed E-state index contributed by atoms with van der Waals surface area (Å²) in [6.07, 6.45) is -4.35. The smallest absolute Gasteiger partial charge is 0.247 e. The van der Waals surface area contributed by atoms with Gasteiger partial charge in [0.1, 0.15) is 11.8 Å². The number of nitriles is 1. The van der Waals surface area contributed by atoms with Crippen LogP contribution in [0.2, 0.25) is 0 Å². The highest BCUT2D eigenvalue weighted by atomic mass is 32.1. The first-order valence-electron chi connectivity index (χ1n) is 6.49. The van der Waals surface area contributed by atoms with E-state index in [4.69, 9.17) is 5.26 Å². The summed E-state index contributed by atoms with van der Waals surface area (Å²) in [5, 5.41) is 19.0. The molecule has 0 bridgehead atoms. The van der Waals surface area contributed by atoms with E-state index in [0.29, 0.717) is 11.3 Å². The zero-order chi connectivity index (χ0) is 16.6. The summed E-state index contributed by atoms with van der Waals surface area (Å²) in [4.78, 5) is 1.57. The van der Waals surface area contributed by atoms with Gasteiger partial charge in [-0.3, -0.25) is 0 Å². The van der Waals surface area contributed by atoms with Gasteiger partial charge in [-0.15, -0.1) is 16.4 Å². The molecule has 0 saturated carbocycles. The van der Waals surface area contributed by atoms with Crippen molar-refractivity contribution in [2.45, 2.75) is 13.1 Å². The zero-order valence-corrected chi connectivity index (χ0v) is 12.6. The third-order valence-electron chi connectivity index (χ3n) is 3.29. The number of aromatic amines is 1. The molecular formula is C15H9F3N4S. The number of H-pyrrole nitrogens is 1. The van der Waals surface area contributed by atoms with Gasteiger partial charge in [-0.2, -0.15) is 18.4 Å². The number of alkyl halides is 3. The predicted octanol–water partition coefficient (Wildman–Crippen LogP) is 4.40. The topological polar surface area (TPSA) is 65.4 Å². The molecule has 0 amide bonds. The molecule has 0 fully saturated rings. The van der Waals surface area contributed by atoms with E-state index in [0.717, 1.165) is 27.5 Å². The third kappa shape index (κ3) is 2.83. The first-order valence-corrected chi connectivity index (χ1v) is 7.31. The monoisotopic (exact) mass is 334 g/mol. The summed E-state index contributed by atoms with van der Waals surface area (Å²) in [5.74, 6) is 0. The van der Waals surface area contributed by atoms with E-state index in [1.165, 1.54) is 23.5 Å². The average molecular weight is 334 g/mol. The molecule has 0 spiro atoms. The van der Waals surface area contributed by atoms with Crippen molar-refractivity contribution >= 4 is 11.3 Å². The van der Waals surface area contributed by atoms with Crippen LogP contribution in [-0.2, 0) is 6.18 Å². The van der Waals surface area contributed by atoms with Gasteiger partial charge in [0, 0.05) is 4.88 Å². The zero-order valence-electron chi connectivity index (χ0n) is 11.8. The van der Waals surface area contributed by atoms with Gasteiger partial charge in [-0.25, -0.2) is 5.10 Å². The van der Waals surface area contributed by atoms with Gasteiger partial charge in [0.25, 0.3) is 0 Å². The van der Waals surface area contributed by atoms with Gasteiger partial charge >= 0.3 is 6.18 Å². The maximum atomic E-state index is 12.6. The van der Waals surface area contributed by atoms with E-state index in [1.807, 2.05) is 19.1 Å². The van der Waals surface area contributed by atoms with Crippen molar-refractivity contribution in [3.8, 4) is 27.1 Å². The summed E-state index contributed by atoms with van der Waals surface area (Å²) in [6.45, 7) is 1.86. The summed E-state index contributed by atoms with van der Waals surface area (Å²) < 4.78 is 37.9. The lowest BCUT2D eigenvalue weighted by Gasteiger charge is -2.07. The van der Waals surface area contributed by atoms with Crippen molar-refractivity contribution in [2.24, 2.45) is 0 Å². The molecule has 3 rings (SSSR count). The van der Waals surface area contributed by atoms with Gasteiger partial charge in [0.05, 0.1) is 10.4 Å². The Bertz CT molecular complexity index is 885. The van der Waals surface area contributed by atoms with Crippen LogP contribution >= 0.6 is 11.3 Å². The second-order valence-corrected chi connectivity index (χ2v) is 5.90. The summed E-state index contributed by atoms with van der Waals surface area (Å²) in [5.41, 5.74) is 1.60. The quantitative estimate of drug-likeness (QED) is 0.755. The summed E-state index contributed by atoms with van der Waals surface area (Å²) >= 11 is 1.36. The normalized spacial score (nSPS) is 11.4. The van der Waals surface area contributed by atoms with Gasteiger partial charge in [0.15, 0.2) is 5.69 Å². The second kappa shape index (κ2) is 5.52. The number of hydrogen-bond donors (Lipinski definition) is 1. The van der Waals surface area contributed by atoms with Crippen LogP contribution in [0.1, 0.15) is 16.8 Å². The van der Waals surface area contributed by atoms with Gasteiger partial charge in [-0.1, -0.05) is 17.3 Å². The Morgan fingerprint density at radius 1 is 1.22 bits per heavy atom. The van der Waals surface area contributed by atoms with Gasteiger partial charge in [-0.05, 0) is 36.2 Å². The molecule has 0 aliphatic heterocycles. The van der Waals surface area contributed by atoms with Crippen LogP contribution in [0.4, 0.5) is 13.2 Å². The molecule has 0 aliphatic carbocycles. The van der Waals surface area contributed by atoms with Crippen LogP contribution in [0.5, 0.6) is 0 Å². The summed E-state index contributed by atoms with van der Waals surface area (Å²) in [7, 11) is 0. The third-order valence-corrected chi connectivity index (χ3v) is 4.58. The molecule has 0 saturated heterocycles. The number of nitrogens with one attached hydrogen (secondary N) is 1. The Morgan fingerprint density at radius 2 is 1.91 bits per heavy atom. The van der Waals surface area contributed by atoms with Crippen LogP contribution in [0.25, 0.3) is 21.0 Å². The van der Waals surface area contributed by atoms with Gasteiger partial charge < -0.3 is 0 Å². The molecule has 116 valence electrons. The molecule has 0 radical (unpaired) electrons. The fraction of sp³-hybridized carbons (Fsp3) is 0.133. The SMILES string of the molecule is Cc1cc(-c2nn[nH]c2C#N)sc1-c1ccc(C(F)(F)F)cc1. The van der Waals surface area contributed by atoms with E-state index in [9.17, 15) is 13.2 Å². The van der Waals surface area contributed by atoms with Crippen molar-refractivity contribution in [1.29, 1.82) is 5.26 Å². The molecule has 2 heterocycles. The van der Waals surface area contributed by atoms with Crippen molar-refractivity contribution < 1.29 is 13.2 Å². The number of aromatic nitrogens is 3. The van der Waals surface area contributed by atoms with Crippen LogP contribution in [0.15, 0.2) is 30.3 Å². The molecular weight excluding hydrogens is 325 g/mol. The van der Waals surface area contributed by atoms with Gasteiger partial charge in [0.2, 0.25) is 0 Å². The van der Waals surface area contributed by atoms with Crippen LogP contribution in [-0.4, -0.2) is 15.4 Å². The number of aryl methyl sites for hydroxylation is 1. The molecule has 0 aliphatic rings. The minimum Gasteiger partial charge on any atom is -0.247 e. The highest BCUT2D eigenvalue weighted by molar-refractivity contribution is 7.19. The molecule has 2 aromatic heterocycles. The highest BCUT2D eigenvalue weighted by Crippen LogP contribution is 2.39. The van der Waals surface area contributed by atoms with Crippen molar-refractivity contribution in [2.75, 3.05) is 0 Å². The largest absolute Gasteiger partial charge is 0.416 e. The van der Waals surface area contributed by atoms with Crippen LogP contribution in [0, 0.1) is 18.3 Å².